The van der Waals surface area contributed by atoms with Crippen molar-refractivity contribution in [2.24, 2.45) is 0 Å². The zero-order valence-electron chi connectivity index (χ0n) is 21.7. The highest BCUT2D eigenvalue weighted by Crippen LogP contribution is 2.46. The summed E-state index contributed by atoms with van der Waals surface area (Å²) in [7, 11) is 0. The lowest BCUT2D eigenvalue weighted by molar-refractivity contribution is -0.138. The number of alkyl halides is 3. The van der Waals surface area contributed by atoms with Crippen LogP contribution in [0.5, 0.6) is 0 Å². The number of aromatic amines is 1. The first kappa shape index (κ1) is 24.7. The lowest BCUT2D eigenvalue weighted by Gasteiger charge is -2.32. The maximum Gasteiger partial charge on any atom is 0.416 e. The Morgan fingerprint density at radius 1 is 0.949 bits per heavy atom. The number of halogens is 3. The predicted octanol–water partition coefficient (Wildman–Crippen LogP) is 5.59. The van der Waals surface area contributed by atoms with E-state index in [9.17, 15) is 18.0 Å². The average molecular weight is 540 g/mol. The van der Waals surface area contributed by atoms with E-state index >= 15 is 0 Å². The molecule has 3 aromatic rings. The quantitative estimate of drug-likeness (QED) is 0.441. The molecule has 2 saturated carbocycles. The maximum absolute atomic E-state index is 13.9. The highest BCUT2D eigenvalue weighted by Gasteiger charge is 2.42. The van der Waals surface area contributed by atoms with Gasteiger partial charge in [-0.1, -0.05) is 18.2 Å². The van der Waals surface area contributed by atoms with Crippen LogP contribution in [0.3, 0.4) is 0 Å². The van der Waals surface area contributed by atoms with Gasteiger partial charge in [-0.05, 0) is 63.0 Å². The van der Waals surface area contributed by atoms with E-state index in [1.165, 1.54) is 25.0 Å². The fourth-order valence-electron chi connectivity index (χ4n) is 6.38. The van der Waals surface area contributed by atoms with E-state index in [0.717, 1.165) is 62.3 Å². The summed E-state index contributed by atoms with van der Waals surface area (Å²) in [6.07, 6.45) is 4.50. The molecule has 4 aliphatic rings. The van der Waals surface area contributed by atoms with Crippen LogP contribution in [0.25, 0.3) is 0 Å². The minimum absolute atomic E-state index is 0.167. The molecule has 4 heterocycles. The Bertz CT molecular complexity index is 1370. The van der Waals surface area contributed by atoms with Crippen molar-refractivity contribution in [3.63, 3.8) is 0 Å². The van der Waals surface area contributed by atoms with Crippen molar-refractivity contribution in [2.45, 2.75) is 81.5 Å². The highest BCUT2D eigenvalue weighted by molar-refractivity contribution is 5.96. The molecule has 1 aromatic carbocycles. The van der Waals surface area contributed by atoms with Gasteiger partial charge in [0.25, 0.3) is 5.91 Å². The third-order valence-corrected chi connectivity index (χ3v) is 8.72. The number of hydrogen-bond donors (Lipinski definition) is 1. The summed E-state index contributed by atoms with van der Waals surface area (Å²) in [4.78, 5) is 22.4. The summed E-state index contributed by atoms with van der Waals surface area (Å²) in [5, 5.41) is 12.2. The van der Waals surface area contributed by atoms with Crippen LogP contribution >= 0.6 is 0 Å². The van der Waals surface area contributed by atoms with Crippen LogP contribution in [-0.4, -0.2) is 55.4 Å². The molecule has 1 unspecified atom stereocenters. The van der Waals surface area contributed by atoms with Crippen LogP contribution in [0.2, 0.25) is 0 Å². The van der Waals surface area contributed by atoms with Crippen LogP contribution in [-0.2, 0) is 6.18 Å². The lowest BCUT2D eigenvalue weighted by atomic mass is 9.97. The number of likely N-dealkylation sites (tertiary alicyclic amines) is 1. The third-order valence-electron chi connectivity index (χ3n) is 8.72. The van der Waals surface area contributed by atoms with Crippen LogP contribution in [0.1, 0.15) is 108 Å². The van der Waals surface area contributed by atoms with Crippen LogP contribution < -0.4 is 4.90 Å². The van der Waals surface area contributed by atoms with Gasteiger partial charge in [-0.25, -0.2) is 0 Å². The van der Waals surface area contributed by atoms with Crippen molar-refractivity contribution in [1.82, 2.24) is 29.9 Å². The van der Waals surface area contributed by atoms with Crippen molar-refractivity contribution in [3.8, 4) is 0 Å². The molecular weight excluding hydrogens is 507 g/mol. The van der Waals surface area contributed by atoms with Gasteiger partial charge in [-0.15, -0.1) is 5.10 Å². The van der Waals surface area contributed by atoms with Crippen LogP contribution in [0.4, 0.5) is 19.1 Å². The van der Waals surface area contributed by atoms with Crippen molar-refractivity contribution in [1.29, 1.82) is 0 Å². The Morgan fingerprint density at radius 3 is 2.41 bits per heavy atom. The van der Waals surface area contributed by atoms with Crippen molar-refractivity contribution >= 4 is 11.9 Å². The average Bonchev–Trinajstić information content (AvgIpc) is 3.81. The molecule has 7 rings (SSSR count). The number of hydrogen-bond acceptors (Lipinski definition) is 5. The summed E-state index contributed by atoms with van der Waals surface area (Å²) in [5.41, 5.74) is 1.04. The summed E-state index contributed by atoms with van der Waals surface area (Å²) >= 11 is 0. The molecule has 2 aromatic heterocycles. The van der Waals surface area contributed by atoms with Gasteiger partial charge < -0.3 is 9.80 Å². The van der Waals surface area contributed by atoms with Gasteiger partial charge in [0.15, 0.2) is 0 Å². The van der Waals surface area contributed by atoms with E-state index in [0.29, 0.717) is 30.9 Å². The molecule has 206 valence electrons. The monoisotopic (exact) mass is 539 g/mol. The van der Waals surface area contributed by atoms with E-state index in [1.807, 2.05) is 4.68 Å². The van der Waals surface area contributed by atoms with E-state index < -0.39 is 17.8 Å². The molecule has 1 amide bonds. The molecule has 39 heavy (non-hydrogen) atoms. The second-order valence-corrected chi connectivity index (χ2v) is 11.4. The van der Waals surface area contributed by atoms with Gasteiger partial charge in [-0.2, -0.15) is 23.3 Å². The molecule has 0 radical (unpaired) electrons. The second kappa shape index (κ2) is 9.38. The molecule has 11 heteroatoms. The van der Waals surface area contributed by atoms with E-state index in [1.54, 1.807) is 17.2 Å². The lowest BCUT2D eigenvalue weighted by Crippen LogP contribution is -2.36. The Hall–Kier alpha value is -3.37. The maximum atomic E-state index is 13.9. The number of piperidine rings is 1. The predicted molar refractivity (Wildman–Crippen MR) is 137 cm³/mol. The van der Waals surface area contributed by atoms with E-state index in [2.05, 4.69) is 15.1 Å². The number of nitrogens with one attached hydrogen (secondary N) is 1. The Morgan fingerprint density at radius 2 is 1.69 bits per heavy atom. The van der Waals surface area contributed by atoms with E-state index in [-0.39, 0.29) is 23.4 Å². The molecule has 1 N–H and O–H groups in total. The first-order chi connectivity index (χ1) is 18.9. The molecule has 8 nitrogen and oxygen atoms in total. The van der Waals surface area contributed by atoms with Gasteiger partial charge in [0.05, 0.1) is 35.1 Å². The number of aromatic nitrogens is 5. The van der Waals surface area contributed by atoms with Gasteiger partial charge in [0.2, 0.25) is 5.95 Å². The number of carbonyl (C=O) groups is 1. The minimum Gasteiger partial charge on any atom is -0.339 e. The fraction of sp³-hybridized carbons (Fsp3) is 0.571. The standard InChI is InChI=1S/C28H32F3N7O/c29-28(30,31)22-5-2-1-4-20(22)23-6-3-13-37(23)26(39)21-16-32-38(24(21)17-7-8-17)19-11-14-36(15-12-19)27-33-25(34-35-27)18-9-10-18/h1-2,4-5,16-19,23H,3,6-15H2,(H,33,34,35). The minimum atomic E-state index is -4.46. The van der Waals surface area contributed by atoms with Gasteiger partial charge in [0.1, 0.15) is 5.82 Å². The van der Waals surface area contributed by atoms with E-state index in [4.69, 9.17) is 10.1 Å². The fourth-order valence-corrected chi connectivity index (χ4v) is 6.38. The van der Waals surface area contributed by atoms with Gasteiger partial charge >= 0.3 is 6.18 Å². The molecule has 0 spiro atoms. The normalized spacial score (nSPS) is 22.6. The van der Waals surface area contributed by atoms with Gasteiger partial charge in [0, 0.05) is 31.5 Å². The molecule has 2 aliphatic heterocycles. The SMILES string of the molecule is O=C(c1cnn(C2CCN(c3n[nH]c(C4CC4)n3)CC2)c1C1CC1)N1CCCC1c1ccccc1C(F)(F)F. The Balaban J connectivity index is 1.11. The summed E-state index contributed by atoms with van der Waals surface area (Å²) < 4.78 is 43.4. The Kier molecular flexibility index (Phi) is 5.93. The topological polar surface area (TPSA) is 82.9 Å². The number of carbonyl (C=O) groups excluding carboxylic acids is 1. The first-order valence-electron chi connectivity index (χ1n) is 14.1. The molecular formula is C28H32F3N7O. The van der Waals surface area contributed by atoms with Crippen molar-refractivity contribution in [3.05, 3.63) is 58.7 Å². The van der Waals surface area contributed by atoms with Crippen LogP contribution in [0.15, 0.2) is 30.5 Å². The number of amides is 1. The van der Waals surface area contributed by atoms with Crippen LogP contribution in [0, 0.1) is 0 Å². The molecule has 1 atom stereocenters. The molecule has 0 bridgehead atoms. The first-order valence-corrected chi connectivity index (χ1v) is 14.1. The van der Waals surface area contributed by atoms with Crippen molar-refractivity contribution in [2.75, 3.05) is 24.5 Å². The molecule has 2 saturated heterocycles. The largest absolute Gasteiger partial charge is 0.416 e. The summed E-state index contributed by atoms with van der Waals surface area (Å²) in [6, 6.07) is 5.23. The molecule has 4 fully saturated rings. The zero-order valence-corrected chi connectivity index (χ0v) is 21.7. The van der Waals surface area contributed by atoms with Gasteiger partial charge in [-0.3, -0.25) is 14.6 Å². The zero-order chi connectivity index (χ0) is 26.7. The number of rotatable bonds is 6. The number of benzene rings is 1. The summed E-state index contributed by atoms with van der Waals surface area (Å²) in [5.74, 6) is 2.35. The second-order valence-electron chi connectivity index (χ2n) is 11.4. The molecule has 2 aliphatic carbocycles. The highest BCUT2D eigenvalue weighted by atomic mass is 19.4. The smallest absolute Gasteiger partial charge is 0.339 e. The number of H-pyrrole nitrogens is 1. The summed E-state index contributed by atoms with van der Waals surface area (Å²) in [6.45, 7) is 2.06. The third kappa shape index (κ3) is 4.59. The number of nitrogens with zero attached hydrogens (tertiary/aromatic N) is 6. The van der Waals surface area contributed by atoms with Crippen molar-refractivity contribution < 1.29 is 18.0 Å². The number of anilines is 1. The Labute approximate surface area is 224 Å².